The van der Waals surface area contributed by atoms with Gasteiger partial charge < -0.3 is 14.6 Å². The van der Waals surface area contributed by atoms with Crippen LogP contribution in [0, 0.1) is 0 Å². The molecule has 0 heterocycles. The van der Waals surface area contributed by atoms with Crippen LogP contribution in [0.2, 0.25) is 0 Å². The van der Waals surface area contributed by atoms with E-state index in [1.807, 2.05) is 12.1 Å². The van der Waals surface area contributed by atoms with Crippen LogP contribution in [0.15, 0.2) is 24.3 Å². The fourth-order valence-corrected chi connectivity index (χ4v) is 1.22. The molecule has 0 spiro atoms. The Labute approximate surface area is 88.4 Å². The molecular formula is C11H14O4. The normalized spacial score (nSPS) is 11.9. The lowest BCUT2D eigenvalue weighted by molar-refractivity contribution is -0.138. The summed E-state index contributed by atoms with van der Waals surface area (Å²) in [5, 5.41) is 8.58. The highest BCUT2D eigenvalue weighted by molar-refractivity contribution is 5.67. The molecule has 15 heavy (non-hydrogen) atoms. The molecule has 0 aliphatic carbocycles. The van der Waals surface area contributed by atoms with Gasteiger partial charge in [0.25, 0.3) is 0 Å². The third-order valence-corrected chi connectivity index (χ3v) is 1.86. The number of para-hydroxylation sites is 2. The maximum atomic E-state index is 10.4. The number of ether oxygens (including phenoxy) is 2. The third kappa shape index (κ3) is 3.50. The van der Waals surface area contributed by atoms with Gasteiger partial charge in [-0.05, 0) is 19.1 Å². The number of methoxy groups -OCH3 is 1. The van der Waals surface area contributed by atoms with Crippen molar-refractivity contribution in [3.63, 3.8) is 0 Å². The van der Waals surface area contributed by atoms with Gasteiger partial charge in [0, 0.05) is 0 Å². The predicted octanol–water partition coefficient (Wildman–Crippen LogP) is 1.94. The van der Waals surface area contributed by atoms with Crippen molar-refractivity contribution in [2.75, 3.05) is 7.11 Å². The average Bonchev–Trinajstić information content (AvgIpc) is 2.17. The van der Waals surface area contributed by atoms with Crippen molar-refractivity contribution in [2.24, 2.45) is 0 Å². The van der Waals surface area contributed by atoms with Gasteiger partial charge in [-0.2, -0.15) is 0 Å². The van der Waals surface area contributed by atoms with Crippen molar-refractivity contribution in [3.8, 4) is 11.5 Å². The first-order valence-electron chi connectivity index (χ1n) is 4.65. The minimum atomic E-state index is -0.877. The zero-order valence-electron chi connectivity index (χ0n) is 8.77. The molecule has 0 aliphatic rings. The van der Waals surface area contributed by atoms with Crippen LogP contribution in [0.4, 0.5) is 0 Å². The summed E-state index contributed by atoms with van der Waals surface area (Å²) in [5.74, 6) is 0.292. The highest BCUT2D eigenvalue weighted by Crippen LogP contribution is 2.27. The second kappa shape index (κ2) is 5.24. The molecule has 0 aromatic heterocycles. The molecular weight excluding hydrogens is 196 g/mol. The quantitative estimate of drug-likeness (QED) is 0.806. The van der Waals surface area contributed by atoms with Crippen LogP contribution in [0.3, 0.4) is 0 Å². The minimum Gasteiger partial charge on any atom is -0.493 e. The van der Waals surface area contributed by atoms with Gasteiger partial charge in [-0.25, -0.2) is 0 Å². The molecule has 1 rings (SSSR count). The lowest BCUT2D eigenvalue weighted by Gasteiger charge is -2.14. The second-order valence-electron chi connectivity index (χ2n) is 3.18. The zero-order chi connectivity index (χ0) is 11.3. The molecule has 82 valence electrons. The molecule has 0 fully saturated rings. The molecule has 1 aromatic carbocycles. The van der Waals surface area contributed by atoms with Gasteiger partial charge in [-0.15, -0.1) is 0 Å². The Kier molecular flexibility index (Phi) is 3.97. The molecule has 0 saturated heterocycles. The summed E-state index contributed by atoms with van der Waals surface area (Å²) < 4.78 is 10.5. The number of benzene rings is 1. The van der Waals surface area contributed by atoms with Crippen molar-refractivity contribution >= 4 is 5.97 Å². The van der Waals surface area contributed by atoms with Crippen molar-refractivity contribution in [1.82, 2.24) is 0 Å². The monoisotopic (exact) mass is 210 g/mol. The molecule has 4 heteroatoms. The topological polar surface area (TPSA) is 55.8 Å². The lowest BCUT2D eigenvalue weighted by atomic mass is 10.2. The van der Waals surface area contributed by atoms with Crippen LogP contribution in [-0.2, 0) is 4.79 Å². The van der Waals surface area contributed by atoms with E-state index >= 15 is 0 Å². The van der Waals surface area contributed by atoms with Gasteiger partial charge in [0.15, 0.2) is 11.5 Å². The maximum absolute atomic E-state index is 10.4. The first-order valence-corrected chi connectivity index (χ1v) is 4.65. The summed E-state index contributed by atoms with van der Waals surface area (Å²) in [6, 6.07) is 7.15. The largest absolute Gasteiger partial charge is 0.493 e. The molecule has 0 aliphatic heterocycles. The molecule has 0 bridgehead atoms. The summed E-state index contributed by atoms with van der Waals surface area (Å²) in [7, 11) is 1.55. The summed E-state index contributed by atoms with van der Waals surface area (Å²) in [6.45, 7) is 1.71. The molecule has 0 radical (unpaired) electrons. The summed E-state index contributed by atoms with van der Waals surface area (Å²) >= 11 is 0. The number of hydrogen-bond acceptors (Lipinski definition) is 3. The van der Waals surface area contributed by atoms with Crippen molar-refractivity contribution in [3.05, 3.63) is 24.3 Å². The summed E-state index contributed by atoms with van der Waals surface area (Å²) in [4.78, 5) is 10.4. The Bertz CT molecular complexity index is 335. The van der Waals surface area contributed by atoms with E-state index < -0.39 is 5.97 Å². The van der Waals surface area contributed by atoms with Crippen molar-refractivity contribution in [2.45, 2.75) is 19.4 Å². The van der Waals surface area contributed by atoms with E-state index in [0.717, 1.165) is 0 Å². The Morgan fingerprint density at radius 1 is 1.40 bits per heavy atom. The van der Waals surface area contributed by atoms with Crippen LogP contribution in [-0.4, -0.2) is 24.3 Å². The third-order valence-electron chi connectivity index (χ3n) is 1.86. The Hall–Kier alpha value is -1.71. The van der Waals surface area contributed by atoms with Gasteiger partial charge in [0.1, 0.15) is 6.10 Å². The summed E-state index contributed by atoms with van der Waals surface area (Å²) in [5.41, 5.74) is 0. The molecule has 1 aromatic rings. The SMILES string of the molecule is COc1ccccc1O[C@H](C)CC(=O)O. The molecule has 1 N–H and O–H groups in total. The van der Waals surface area contributed by atoms with Crippen molar-refractivity contribution < 1.29 is 19.4 Å². The molecule has 0 unspecified atom stereocenters. The fraction of sp³-hybridized carbons (Fsp3) is 0.364. The first kappa shape index (κ1) is 11.4. The Balaban J connectivity index is 2.67. The molecule has 0 saturated carbocycles. The highest BCUT2D eigenvalue weighted by atomic mass is 16.5. The van der Waals surface area contributed by atoms with Crippen molar-refractivity contribution in [1.29, 1.82) is 0 Å². The van der Waals surface area contributed by atoms with E-state index in [4.69, 9.17) is 14.6 Å². The van der Waals surface area contributed by atoms with E-state index in [1.54, 1.807) is 26.2 Å². The number of carbonyl (C=O) groups is 1. The van der Waals surface area contributed by atoms with Gasteiger partial charge >= 0.3 is 5.97 Å². The van der Waals surface area contributed by atoms with Crippen LogP contribution in [0.1, 0.15) is 13.3 Å². The lowest BCUT2D eigenvalue weighted by Crippen LogP contribution is -2.16. The van der Waals surface area contributed by atoms with Crippen LogP contribution in [0.25, 0.3) is 0 Å². The number of aliphatic carboxylic acids is 1. The molecule has 4 nitrogen and oxygen atoms in total. The second-order valence-corrected chi connectivity index (χ2v) is 3.18. The maximum Gasteiger partial charge on any atom is 0.307 e. The molecule has 0 amide bonds. The number of carboxylic acid groups (broad SMARTS) is 1. The van der Waals surface area contributed by atoms with E-state index in [-0.39, 0.29) is 12.5 Å². The Morgan fingerprint density at radius 2 is 2.00 bits per heavy atom. The van der Waals surface area contributed by atoms with Crippen LogP contribution >= 0.6 is 0 Å². The smallest absolute Gasteiger partial charge is 0.307 e. The van der Waals surface area contributed by atoms with Gasteiger partial charge in [-0.3, -0.25) is 4.79 Å². The predicted molar refractivity (Wildman–Crippen MR) is 55.3 cm³/mol. The van der Waals surface area contributed by atoms with E-state index in [0.29, 0.717) is 11.5 Å². The van der Waals surface area contributed by atoms with E-state index in [2.05, 4.69) is 0 Å². The van der Waals surface area contributed by atoms with Crippen LogP contribution < -0.4 is 9.47 Å². The van der Waals surface area contributed by atoms with Gasteiger partial charge in [0.05, 0.1) is 13.5 Å². The number of carboxylic acids is 1. The minimum absolute atomic E-state index is 0.0297. The van der Waals surface area contributed by atoms with Gasteiger partial charge in [-0.1, -0.05) is 12.1 Å². The Morgan fingerprint density at radius 3 is 2.53 bits per heavy atom. The average molecular weight is 210 g/mol. The zero-order valence-corrected chi connectivity index (χ0v) is 8.77. The first-order chi connectivity index (χ1) is 7.13. The fourth-order valence-electron chi connectivity index (χ4n) is 1.22. The van der Waals surface area contributed by atoms with E-state index in [9.17, 15) is 4.79 Å². The highest BCUT2D eigenvalue weighted by Gasteiger charge is 2.11. The summed E-state index contributed by atoms with van der Waals surface area (Å²) in [6.07, 6.45) is -0.406. The van der Waals surface area contributed by atoms with Gasteiger partial charge in [0.2, 0.25) is 0 Å². The van der Waals surface area contributed by atoms with Crippen LogP contribution in [0.5, 0.6) is 11.5 Å². The standard InChI is InChI=1S/C11H14O4/c1-8(7-11(12)13)15-10-6-4-3-5-9(10)14-2/h3-6,8H,7H2,1-2H3,(H,12,13)/t8-/m1/s1. The molecule has 1 atom stereocenters. The number of hydrogen-bond donors (Lipinski definition) is 1. The van der Waals surface area contributed by atoms with E-state index in [1.165, 1.54) is 0 Å². The number of rotatable bonds is 5.